The quantitative estimate of drug-likeness (QED) is 0.644. The standard InChI is InChI=1S/C21H21N3O5/c1-4-24-20(26)15-8-6-5-7-14(15)19(23-24)21(27)29-12-18(25)22-16-11-13(2)9-10-17(16)28-3/h5-11H,4,12H2,1-3H3,(H,22,25). The molecular weight excluding hydrogens is 374 g/mol. The Morgan fingerprint density at radius 3 is 2.55 bits per heavy atom. The number of rotatable bonds is 6. The predicted molar refractivity (Wildman–Crippen MR) is 108 cm³/mol. The van der Waals surface area contributed by atoms with E-state index in [9.17, 15) is 14.4 Å². The molecule has 1 heterocycles. The van der Waals surface area contributed by atoms with Crippen LogP contribution in [0.2, 0.25) is 0 Å². The molecule has 0 saturated carbocycles. The number of hydrogen-bond donors (Lipinski definition) is 1. The highest BCUT2D eigenvalue weighted by molar-refractivity contribution is 6.03. The molecule has 1 aromatic heterocycles. The second-order valence-corrected chi connectivity index (χ2v) is 6.34. The van der Waals surface area contributed by atoms with Crippen LogP contribution in [0.3, 0.4) is 0 Å². The first-order chi connectivity index (χ1) is 13.9. The molecule has 0 fully saturated rings. The van der Waals surface area contributed by atoms with E-state index in [-0.39, 0.29) is 11.3 Å². The lowest BCUT2D eigenvalue weighted by atomic mass is 10.1. The topological polar surface area (TPSA) is 99.5 Å². The molecule has 8 heteroatoms. The first-order valence-corrected chi connectivity index (χ1v) is 9.06. The molecule has 0 spiro atoms. The van der Waals surface area contributed by atoms with Crippen LogP contribution in [0, 0.1) is 6.92 Å². The summed E-state index contributed by atoms with van der Waals surface area (Å²) in [4.78, 5) is 37.2. The van der Waals surface area contributed by atoms with Crippen LogP contribution in [-0.2, 0) is 16.1 Å². The predicted octanol–water partition coefficient (Wildman–Crippen LogP) is 2.53. The summed E-state index contributed by atoms with van der Waals surface area (Å²) in [6.45, 7) is 3.43. The summed E-state index contributed by atoms with van der Waals surface area (Å²) < 4.78 is 11.6. The molecule has 0 atom stereocenters. The van der Waals surface area contributed by atoms with E-state index in [0.717, 1.165) is 5.56 Å². The lowest BCUT2D eigenvalue weighted by Crippen LogP contribution is -2.27. The second-order valence-electron chi connectivity index (χ2n) is 6.34. The molecule has 29 heavy (non-hydrogen) atoms. The number of nitrogens with zero attached hydrogens (tertiary/aromatic N) is 2. The SMILES string of the molecule is CCn1nc(C(=O)OCC(=O)Nc2cc(C)ccc2OC)c2ccccc2c1=O. The molecule has 0 aliphatic heterocycles. The van der Waals surface area contributed by atoms with Gasteiger partial charge in [-0.2, -0.15) is 5.10 Å². The fraction of sp³-hybridized carbons (Fsp3) is 0.238. The lowest BCUT2D eigenvalue weighted by molar-refractivity contribution is -0.119. The van der Waals surface area contributed by atoms with Gasteiger partial charge in [0, 0.05) is 11.9 Å². The summed E-state index contributed by atoms with van der Waals surface area (Å²) in [5, 5.41) is 7.51. The van der Waals surface area contributed by atoms with Gasteiger partial charge in [-0.05, 0) is 37.6 Å². The maximum absolute atomic E-state index is 12.6. The minimum Gasteiger partial charge on any atom is -0.495 e. The molecule has 2 aromatic carbocycles. The maximum atomic E-state index is 12.6. The Morgan fingerprint density at radius 2 is 1.86 bits per heavy atom. The van der Waals surface area contributed by atoms with Crippen LogP contribution in [0.15, 0.2) is 47.3 Å². The van der Waals surface area contributed by atoms with Gasteiger partial charge in [-0.15, -0.1) is 0 Å². The van der Waals surface area contributed by atoms with Crippen LogP contribution in [0.5, 0.6) is 5.75 Å². The van der Waals surface area contributed by atoms with E-state index in [1.54, 1.807) is 43.3 Å². The second kappa shape index (κ2) is 8.55. The molecule has 0 saturated heterocycles. The highest BCUT2D eigenvalue weighted by Gasteiger charge is 2.19. The van der Waals surface area contributed by atoms with Gasteiger partial charge >= 0.3 is 5.97 Å². The van der Waals surface area contributed by atoms with Crippen LogP contribution < -0.4 is 15.6 Å². The number of aryl methyl sites for hydroxylation is 2. The van der Waals surface area contributed by atoms with Crippen molar-refractivity contribution in [3.8, 4) is 5.75 Å². The molecular formula is C21H21N3O5. The van der Waals surface area contributed by atoms with Gasteiger partial charge in [0.2, 0.25) is 0 Å². The molecule has 1 N–H and O–H groups in total. The van der Waals surface area contributed by atoms with Gasteiger partial charge in [-0.1, -0.05) is 24.3 Å². The van der Waals surface area contributed by atoms with Gasteiger partial charge in [0.15, 0.2) is 12.3 Å². The molecule has 0 bridgehead atoms. The zero-order chi connectivity index (χ0) is 21.0. The van der Waals surface area contributed by atoms with Crippen LogP contribution >= 0.6 is 0 Å². The fourth-order valence-electron chi connectivity index (χ4n) is 2.91. The Hall–Kier alpha value is -3.68. The van der Waals surface area contributed by atoms with Crippen molar-refractivity contribution in [2.75, 3.05) is 19.0 Å². The Morgan fingerprint density at radius 1 is 1.14 bits per heavy atom. The average Bonchev–Trinajstić information content (AvgIpc) is 2.72. The molecule has 1 amide bonds. The van der Waals surface area contributed by atoms with E-state index in [1.165, 1.54) is 11.8 Å². The zero-order valence-corrected chi connectivity index (χ0v) is 16.4. The number of ether oxygens (including phenoxy) is 2. The first kappa shape index (κ1) is 20.1. The fourth-order valence-corrected chi connectivity index (χ4v) is 2.91. The van der Waals surface area contributed by atoms with Crippen molar-refractivity contribution in [2.45, 2.75) is 20.4 Å². The Bertz CT molecular complexity index is 1140. The lowest BCUT2D eigenvalue weighted by Gasteiger charge is -2.12. The molecule has 0 aliphatic carbocycles. The number of aromatic nitrogens is 2. The number of hydrogen-bond acceptors (Lipinski definition) is 6. The van der Waals surface area contributed by atoms with Crippen molar-refractivity contribution < 1.29 is 19.1 Å². The number of benzene rings is 2. The van der Waals surface area contributed by atoms with Gasteiger partial charge in [-0.3, -0.25) is 9.59 Å². The molecule has 0 unspecified atom stereocenters. The van der Waals surface area contributed by atoms with E-state index in [2.05, 4.69) is 10.4 Å². The van der Waals surface area contributed by atoms with Gasteiger partial charge in [-0.25, -0.2) is 9.48 Å². The number of methoxy groups -OCH3 is 1. The third kappa shape index (κ3) is 4.26. The van der Waals surface area contributed by atoms with Crippen molar-refractivity contribution >= 4 is 28.3 Å². The molecule has 150 valence electrons. The summed E-state index contributed by atoms with van der Waals surface area (Å²) in [6.07, 6.45) is 0. The van der Waals surface area contributed by atoms with E-state index >= 15 is 0 Å². The Labute approximate surface area is 167 Å². The Kier molecular flexibility index (Phi) is 5.92. The van der Waals surface area contributed by atoms with E-state index in [1.807, 2.05) is 13.0 Å². The summed E-state index contributed by atoms with van der Waals surface area (Å²) in [6, 6.07) is 12.0. The van der Waals surface area contributed by atoms with E-state index in [0.29, 0.717) is 28.8 Å². The van der Waals surface area contributed by atoms with Gasteiger partial charge < -0.3 is 14.8 Å². The van der Waals surface area contributed by atoms with E-state index < -0.39 is 18.5 Å². The van der Waals surface area contributed by atoms with Crippen molar-refractivity contribution in [2.24, 2.45) is 0 Å². The largest absolute Gasteiger partial charge is 0.495 e. The number of fused-ring (bicyclic) bond motifs is 1. The summed E-state index contributed by atoms with van der Waals surface area (Å²) >= 11 is 0. The smallest absolute Gasteiger partial charge is 0.359 e. The summed E-state index contributed by atoms with van der Waals surface area (Å²) in [5.41, 5.74) is 1.12. The number of carbonyl (C=O) groups is 2. The highest BCUT2D eigenvalue weighted by atomic mass is 16.5. The van der Waals surface area contributed by atoms with Crippen molar-refractivity contribution in [3.63, 3.8) is 0 Å². The summed E-state index contributed by atoms with van der Waals surface area (Å²) in [7, 11) is 1.50. The minimum atomic E-state index is -0.783. The van der Waals surface area contributed by atoms with Crippen LogP contribution in [0.1, 0.15) is 23.0 Å². The van der Waals surface area contributed by atoms with Crippen molar-refractivity contribution in [3.05, 3.63) is 64.1 Å². The van der Waals surface area contributed by atoms with E-state index in [4.69, 9.17) is 9.47 Å². The van der Waals surface area contributed by atoms with Crippen molar-refractivity contribution in [1.82, 2.24) is 9.78 Å². The van der Waals surface area contributed by atoms with Crippen LogP contribution in [0.25, 0.3) is 10.8 Å². The molecule has 0 aliphatic rings. The zero-order valence-electron chi connectivity index (χ0n) is 16.4. The highest BCUT2D eigenvalue weighted by Crippen LogP contribution is 2.25. The van der Waals surface area contributed by atoms with Gasteiger partial charge in [0.1, 0.15) is 5.75 Å². The third-order valence-corrected chi connectivity index (χ3v) is 4.32. The summed E-state index contributed by atoms with van der Waals surface area (Å²) in [5.74, 6) is -0.803. The number of esters is 1. The van der Waals surface area contributed by atoms with Crippen LogP contribution in [0.4, 0.5) is 5.69 Å². The Balaban J connectivity index is 1.78. The number of amides is 1. The van der Waals surface area contributed by atoms with Gasteiger partial charge in [0.05, 0.1) is 18.2 Å². The molecule has 0 radical (unpaired) electrons. The molecule has 3 rings (SSSR count). The molecule has 8 nitrogen and oxygen atoms in total. The number of carbonyl (C=O) groups excluding carboxylic acids is 2. The maximum Gasteiger partial charge on any atom is 0.359 e. The number of anilines is 1. The molecule has 3 aromatic rings. The average molecular weight is 395 g/mol. The normalized spacial score (nSPS) is 10.6. The van der Waals surface area contributed by atoms with Crippen LogP contribution in [-0.4, -0.2) is 35.4 Å². The first-order valence-electron chi connectivity index (χ1n) is 9.06. The monoisotopic (exact) mass is 395 g/mol. The third-order valence-electron chi connectivity index (χ3n) is 4.32. The van der Waals surface area contributed by atoms with Gasteiger partial charge in [0.25, 0.3) is 11.5 Å². The number of nitrogens with one attached hydrogen (secondary N) is 1. The van der Waals surface area contributed by atoms with Crippen molar-refractivity contribution in [1.29, 1.82) is 0 Å². The minimum absolute atomic E-state index is 0.0111.